The van der Waals surface area contributed by atoms with E-state index in [1.807, 2.05) is 0 Å². The molecule has 1 aliphatic heterocycles. The van der Waals surface area contributed by atoms with Crippen molar-refractivity contribution in [3.63, 3.8) is 0 Å². The summed E-state index contributed by atoms with van der Waals surface area (Å²) in [6, 6.07) is 0. The van der Waals surface area contributed by atoms with Crippen molar-refractivity contribution in [3.05, 3.63) is 11.9 Å². The molecule has 1 atom stereocenters. The fourth-order valence-corrected chi connectivity index (χ4v) is 2.49. The molecule has 1 saturated heterocycles. The van der Waals surface area contributed by atoms with Crippen LogP contribution < -0.4 is 10.6 Å². The Labute approximate surface area is 125 Å². The molecule has 8 nitrogen and oxygen atoms in total. The van der Waals surface area contributed by atoms with E-state index in [9.17, 15) is 4.79 Å². The molecule has 2 aromatic rings. The first kappa shape index (κ1) is 14.0. The van der Waals surface area contributed by atoms with E-state index in [-0.39, 0.29) is 30.2 Å². The molecule has 1 fully saturated rings. The van der Waals surface area contributed by atoms with Crippen LogP contribution in [0.25, 0.3) is 11.2 Å². The third-order valence-electron chi connectivity index (χ3n) is 3.34. The topological polar surface area (TPSA) is 118 Å². The van der Waals surface area contributed by atoms with Crippen LogP contribution in [0.4, 0.5) is 11.8 Å². The average Bonchev–Trinajstić information content (AvgIpc) is 2.88. The van der Waals surface area contributed by atoms with Crippen LogP contribution in [-0.2, 0) is 11.4 Å². The van der Waals surface area contributed by atoms with E-state index in [0.717, 1.165) is 0 Å². The largest absolute Gasteiger partial charge is 0.390 e. The number of rotatable bonds is 3. The lowest BCUT2D eigenvalue weighted by molar-refractivity contribution is -0.117. The molecule has 1 aliphatic rings. The van der Waals surface area contributed by atoms with E-state index in [0.29, 0.717) is 35.6 Å². The van der Waals surface area contributed by atoms with E-state index in [2.05, 4.69) is 32.6 Å². The van der Waals surface area contributed by atoms with Gasteiger partial charge in [-0.05, 0) is 11.7 Å². The lowest BCUT2D eigenvalue weighted by atomic mass is 10.1. The minimum atomic E-state index is -0.238. The Morgan fingerprint density at radius 2 is 2.24 bits per heavy atom. The van der Waals surface area contributed by atoms with E-state index in [1.165, 1.54) is 11.1 Å². The number of hydrogen-bond donors (Lipinski definition) is 3. The fraction of sp³-hybridized carbons (Fsp3) is 0.417. The van der Waals surface area contributed by atoms with E-state index in [1.54, 1.807) is 0 Å². The Balaban J connectivity index is 2.03. The average molecular weight is 306 g/mol. The van der Waals surface area contributed by atoms with Gasteiger partial charge in [-0.3, -0.25) is 9.69 Å². The summed E-state index contributed by atoms with van der Waals surface area (Å²) in [7, 11) is 0. The Kier molecular flexibility index (Phi) is 3.60. The lowest BCUT2D eigenvalue weighted by Crippen LogP contribution is -2.27. The van der Waals surface area contributed by atoms with Crippen LogP contribution in [0.1, 0.15) is 12.1 Å². The van der Waals surface area contributed by atoms with Crippen molar-refractivity contribution in [2.45, 2.75) is 13.0 Å². The van der Waals surface area contributed by atoms with Crippen molar-refractivity contribution >= 4 is 41.5 Å². The summed E-state index contributed by atoms with van der Waals surface area (Å²) in [5.41, 5.74) is 6.88. The van der Waals surface area contributed by atoms with Gasteiger partial charge < -0.3 is 10.8 Å². The van der Waals surface area contributed by atoms with E-state index in [4.69, 9.17) is 10.8 Å². The quantitative estimate of drug-likeness (QED) is 0.671. The maximum Gasteiger partial charge on any atom is 0.236 e. The van der Waals surface area contributed by atoms with Crippen LogP contribution in [-0.4, -0.2) is 43.2 Å². The van der Waals surface area contributed by atoms with Crippen molar-refractivity contribution in [2.24, 2.45) is 5.92 Å². The monoisotopic (exact) mass is 306 g/mol. The smallest absolute Gasteiger partial charge is 0.236 e. The van der Waals surface area contributed by atoms with Crippen LogP contribution in [0, 0.1) is 5.92 Å². The third kappa shape index (κ3) is 2.49. The summed E-state index contributed by atoms with van der Waals surface area (Å²) in [5, 5.41) is 9.06. The zero-order valence-electron chi connectivity index (χ0n) is 11.1. The number of nitrogens with two attached hydrogens (primary N) is 1. The molecule has 1 unspecified atom stereocenters. The Bertz CT molecular complexity index is 709. The molecule has 0 saturated carbocycles. The number of aliphatic hydroxyl groups is 1. The summed E-state index contributed by atoms with van der Waals surface area (Å²) in [6.07, 6.45) is 1.85. The Morgan fingerprint density at radius 1 is 1.43 bits per heavy atom. The van der Waals surface area contributed by atoms with Crippen LogP contribution >= 0.6 is 12.6 Å². The SMILES string of the molecule is Nc1nc(N2CC(CS)CC2=O)nc2ncc(CO)nc12. The van der Waals surface area contributed by atoms with Crippen molar-refractivity contribution < 1.29 is 9.90 Å². The highest BCUT2D eigenvalue weighted by atomic mass is 32.1. The predicted molar refractivity (Wildman–Crippen MR) is 79.8 cm³/mol. The minimum absolute atomic E-state index is 0.0484. The summed E-state index contributed by atoms with van der Waals surface area (Å²) in [5.74, 6) is 1.14. The number of nitrogens with zero attached hydrogens (tertiary/aromatic N) is 5. The number of anilines is 2. The fourth-order valence-electron chi connectivity index (χ4n) is 2.25. The highest BCUT2D eigenvalue weighted by molar-refractivity contribution is 7.80. The highest BCUT2D eigenvalue weighted by Crippen LogP contribution is 2.25. The molecule has 21 heavy (non-hydrogen) atoms. The highest BCUT2D eigenvalue weighted by Gasteiger charge is 2.32. The maximum absolute atomic E-state index is 12.0. The molecule has 0 aromatic carbocycles. The molecular formula is C12H14N6O2S. The second-order valence-electron chi connectivity index (χ2n) is 4.86. The van der Waals surface area contributed by atoms with E-state index >= 15 is 0 Å². The molecule has 0 spiro atoms. The molecule has 3 N–H and O–H groups in total. The molecule has 0 bridgehead atoms. The van der Waals surface area contributed by atoms with Gasteiger partial charge in [-0.2, -0.15) is 22.6 Å². The van der Waals surface area contributed by atoms with Gasteiger partial charge in [0, 0.05) is 13.0 Å². The van der Waals surface area contributed by atoms with Gasteiger partial charge in [-0.1, -0.05) is 0 Å². The molecule has 1 amide bonds. The molecule has 110 valence electrons. The van der Waals surface area contributed by atoms with Gasteiger partial charge in [0.2, 0.25) is 11.9 Å². The first-order chi connectivity index (χ1) is 10.1. The summed E-state index contributed by atoms with van der Waals surface area (Å²) < 4.78 is 0. The molecule has 3 heterocycles. The summed E-state index contributed by atoms with van der Waals surface area (Å²) in [4.78, 5) is 30.1. The zero-order chi connectivity index (χ0) is 15.0. The second-order valence-corrected chi connectivity index (χ2v) is 5.22. The predicted octanol–water partition coefficient (Wildman–Crippen LogP) is -0.223. The Hall–Kier alpha value is -2.00. The summed E-state index contributed by atoms with van der Waals surface area (Å²) >= 11 is 4.22. The second kappa shape index (κ2) is 5.41. The van der Waals surface area contributed by atoms with Crippen molar-refractivity contribution in [2.75, 3.05) is 22.9 Å². The number of amides is 1. The maximum atomic E-state index is 12.0. The molecule has 3 rings (SSSR count). The Morgan fingerprint density at radius 3 is 2.90 bits per heavy atom. The van der Waals surface area contributed by atoms with Crippen LogP contribution in [0.5, 0.6) is 0 Å². The number of carbonyl (C=O) groups is 1. The molecule has 9 heteroatoms. The van der Waals surface area contributed by atoms with Crippen LogP contribution in [0.2, 0.25) is 0 Å². The first-order valence-electron chi connectivity index (χ1n) is 6.43. The molecular weight excluding hydrogens is 292 g/mol. The first-order valence-corrected chi connectivity index (χ1v) is 7.07. The van der Waals surface area contributed by atoms with Gasteiger partial charge in [0.15, 0.2) is 17.0 Å². The van der Waals surface area contributed by atoms with Crippen LogP contribution in [0.3, 0.4) is 0 Å². The van der Waals surface area contributed by atoms with Crippen molar-refractivity contribution in [1.82, 2.24) is 19.9 Å². The number of aliphatic hydroxyl groups excluding tert-OH is 1. The number of hydrogen-bond acceptors (Lipinski definition) is 8. The van der Waals surface area contributed by atoms with Gasteiger partial charge in [0.25, 0.3) is 0 Å². The summed E-state index contributed by atoms with van der Waals surface area (Å²) in [6.45, 7) is 0.286. The standard InChI is InChI=1S/C12H14N6O2S/c13-10-9-11(14-2-7(4-19)15-9)17-12(16-10)18-3-6(5-21)1-8(18)20/h2,6,19,21H,1,3-5H2,(H2,13,14,16,17). The third-order valence-corrected chi connectivity index (χ3v) is 3.86. The number of nitrogen functional groups attached to an aromatic ring is 1. The van der Waals surface area contributed by atoms with E-state index < -0.39 is 0 Å². The van der Waals surface area contributed by atoms with Crippen molar-refractivity contribution in [3.8, 4) is 0 Å². The lowest BCUT2D eigenvalue weighted by Gasteiger charge is -2.15. The van der Waals surface area contributed by atoms with Crippen molar-refractivity contribution in [1.29, 1.82) is 0 Å². The normalized spacial score (nSPS) is 18.7. The molecule has 0 aliphatic carbocycles. The molecule has 0 radical (unpaired) electrons. The molecule has 2 aromatic heterocycles. The minimum Gasteiger partial charge on any atom is -0.390 e. The number of thiol groups is 1. The zero-order valence-corrected chi connectivity index (χ0v) is 12.0. The van der Waals surface area contributed by atoms with Crippen LogP contribution in [0.15, 0.2) is 6.20 Å². The number of fused-ring (bicyclic) bond motifs is 1. The number of aromatic nitrogens is 4. The van der Waals surface area contributed by atoms with Gasteiger partial charge in [0.05, 0.1) is 18.5 Å². The number of carbonyl (C=O) groups excluding carboxylic acids is 1. The van der Waals surface area contributed by atoms with Gasteiger partial charge >= 0.3 is 0 Å². The van der Waals surface area contributed by atoms with Gasteiger partial charge in [-0.15, -0.1) is 0 Å². The van der Waals surface area contributed by atoms with Gasteiger partial charge in [0.1, 0.15) is 0 Å². The van der Waals surface area contributed by atoms with Gasteiger partial charge in [-0.25, -0.2) is 9.97 Å².